The van der Waals surface area contributed by atoms with Crippen LogP contribution in [0.5, 0.6) is 0 Å². The van der Waals surface area contributed by atoms with Crippen LogP contribution in [0, 0.1) is 0 Å². The first-order valence-corrected chi connectivity index (χ1v) is 14.6. The Morgan fingerprint density at radius 1 is 0.537 bits per heavy atom. The normalized spacial score (nSPS) is 13.4. The van der Waals surface area contributed by atoms with Crippen molar-refractivity contribution in [2.45, 2.75) is 65.2 Å². The van der Waals surface area contributed by atoms with E-state index in [1.807, 2.05) is 12.4 Å². The Hall–Kier alpha value is -4.24. The van der Waals surface area contributed by atoms with Crippen molar-refractivity contribution in [1.29, 1.82) is 0 Å². The lowest BCUT2D eigenvalue weighted by Gasteiger charge is -2.28. The van der Waals surface area contributed by atoms with E-state index in [1.165, 1.54) is 33.6 Å². The maximum atomic E-state index is 4.79. The molecule has 0 bridgehead atoms. The Labute approximate surface area is 245 Å². The molecule has 0 N–H and O–H groups in total. The van der Waals surface area contributed by atoms with E-state index in [0.29, 0.717) is 0 Å². The summed E-state index contributed by atoms with van der Waals surface area (Å²) in [6, 6.07) is 33.2. The third-order valence-electron chi connectivity index (χ3n) is 8.17. The second-order valence-corrected chi connectivity index (χ2v) is 13.2. The number of aryl methyl sites for hydroxylation is 2. The number of hydrogen-bond donors (Lipinski definition) is 0. The van der Waals surface area contributed by atoms with Gasteiger partial charge >= 0.3 is 0 Å². The molecule has 0 saturated carbocycles. The second-order valence-electron chi connectivity index (χ2n) is 13.2. The molecule has 3 nitrogen and oxygen atoms in total. The number of pyridine rings is 2. The average Bonchev–Trinajstić information content (AvgIpc) is 3.13. The molecule has 0 saturated heterocycles. The molecule has 41 heavy (non-hydrogen) atoms. The summed E-state index contributed by atoms with van der Waals surface area (Å²) in [5.74, 6) is 0. The summed E-state index contributed by atoms with van der Waals surface area (Å²) < 4.78 is 0. The number of anilines is 3. The maximum absolute atomic E-state index is 4.79. The molecule has 0 amide bonds. The van der Waals surface area contributed by atoms with E-state index in [1.54, 1.807) is 0 Å². The molecule has 2 aromatic heterocycles. The van der Waals surface area contributed by atoms with E-state index in [9.17, 15) is 0 Å². The fraction of sp³-hybridized carbons (Fsp3) is 0.263. The molecule has 3 aromatic carbocycles. The number of rotatable bonds is 3. The van der Waals surface area contributed by atoms with E-state index in [-0.39, 0.29) is 10.8 Å². The lowest BCUT2D eigenvalue weighted by Crippen LogP contribution is -2.13. The van der Waals surface area contributed by atoms with Crippen molar-refractivity contribution >= 4 is 17.1 Å². The summed E-state index contributed by atoms with van der Waals surface area (Å²) in [6.07, 6.45) is 5.88. The maximum Gasteiger partial charge on any atom is 0.0705 e. The molecule has 6 rings (SSSR count). The van der Waals surface area contributed by atoms with Gasteiger partial charge in [0.05, 0.1) is 17.1 Å². The Bertz CT molecular complexity index is 1720. The number of fused-ring (bicyclic) bond motifs is 2. The molecule has 0 aliphatic carbocycles. The summed E-state index contributed by atoms with van der Waals surface area (Å²) >= 11 is 0. The Morgan fingerprint density at radius 3 is 1.76 bits per heavy atom. The Balaban J connectivity index is 1.51. The van der Waals surface area contributed by atoms with Crippen LogP contribution in [0.15, 0.2) is 103 Å². The van der Waals surface area contributed by atoms with Gasteiger partial charge in [0, 0.05) is 34.9 Å². The second kappa shape index (κ2) is 10.3. The van der Waals surface area contributed by atoms with Crippen LogP contribution in [0.4, 0.5) is 17.1 Å². The summed E-state index contributed by atoms with van der Waals surface area (Å²) in [6.45, 7) is 13.5. The molecule has 5 aromatic rings. The topological polar surface area (TPSA) is 29.0 Å². The zero-order chi connectivity index (χ0) is 28.8. The van der Waals surface area contributed by atoms with Crippen molar-refractivity contribution < 1.29 is 0 Å². The van der Waals surface area contributed by atoms with Crippen molar-refractivity contribution in [1.82, 2.24) is 9.97 Å². The standard InChI is InChI=1S/C38H39N3/c1-37(2,3)30-18-20-39-33(24-30)28-11-9-12-32(22-28)41-35-13-8-7-10-26(35)14-15-27-16-17-29(23-36(27)41)34-25-31(19-21-40-34)38(4,5)6/h7-13,16-25H,14-15H2,1-6H3. The minimum Gasteiger partial charge on any atom is -0.310 e. The van der Waals surface area contributed by atoms with Crippen molar-refractivity contribution in [3.63, 3.8) is 0 Å². The summed E-state index contributed by atoms with van der Waals surface area (Å²) in [5.41, 5.74) is 13.2. The van der Waals surface area contributed by atoms with Crippen LogP contribution >= 0.6 is 0 Å². The molecular formula is C38H39N3. The number of nitrogens with zero attached hydrogens (tertiary/aromatic N) is 3. The lowest BCUT2D eigenvalue weighted by atomic mass is 9.87. The van der Waals surface area contributed by atoms with E-state index >= 15 is 0 Å². The van der Waals surface area contributed by atoms with Crippen LogP contribution in [0.3, 0.4) is 0 Å². The quantitative estimate of drug-likeness (QED) is 0.229. The third kappa shape index (κ3) is 5.41. The van der Waals surface area contributed by atoms with Gasteiger partial charge in [0.1, 0.15) is 0 Å². The average molecular weight is 538 g/mol. The first kappa shape index (κ1) is 27.0. The van der Waals surface area contributed by atoms with Crippen molar-refractivity contribution in [3.8, 4) is 22.5 Å². The SMILES string of the molecule is CC(C)(C)c1ccnc(-c2cccc(N3c4ccccc4CCc4ccc(-c5cc(C(C)(C)C)ccn5)cc43)c2)c1. The van der Waals surface area contributed by atoms with Crippen molar-refractivity contribution in [2.75, 3.05) is 4.90 Å². The molecule has 1 aliphatic rings. The minimum atomic E-state index is 0.0622. The molecule has 0 atom stereocenters. The number of para-hydroxylation sites is 1. The van der Waals surface area contributed by atoms with E-state index in [0.717, 1.165) is 41.0 Å². The van der Waals surface area contributed by atoms with Crippen molar-refractivity contribution in [2.24, 2.45) is 0 Å². The fourth-order valence-electron chi connectivity index (χ4n) is 5.67. The van der Waals surface area contributed by atoms with Gasteiger partial charge < -0.3 is 4.90 Å². The van der Waals surface area contributed by atoms with Crippen LogP contribution in [0.2, 0.25) is 0 Å². The third-order valence-corrected chi connectivity index (χ3v) is 8.17. The van der Waals surface area contributed by atoms with Gasteiger partial charge in [-0.3, -0.25) is 9.97 Å². The number of benzene rings is 3. The van der Waals surface area contributed by atoms with Crippen LogP contribution in [-0.2, 0) is 23.7 Å². The highest BCUT2D eigenvalue weighted by Gasteiger charge is 2.24. The highest BCUT2D eigenvalue weighted by Crippen LogP contribution is 2.44. The zero-order valence-corrected chi connectivity index (χ0v) is 25.1. The Morgan fingerprint density at radius 2 is 1.12 bits per heavy atom. The smallest absolute Gasteiger partial charge is 0.0705 e. The van der Waals surface area contributed by atoms with Crippen LogP contribution in [-0.4, -0.2) is 9.97 Å². The van der Waals surface area contributed by atoms with Gasteiger partial charge in [0.15, 0.2) is 0 Å². The van der Waals surface area contributed by atoms with E-state index in [2.05, 4.69) is 137 Å². The number of hydrogen-bond acceptors (Lipinski definition) is 3. The summed E-state index contributed by atoms with van der Waals surface area (Å²) in [7, 11) is 0. The van der Waals surface area contributed by atoms with Gasteiger partial charge in [0.25, 0.3) is 0 Å². The predicted molar refractivity (Wildman–Crippen MR) is 172 cm³/mol. The van der Waals surface area contributed by atoms with Crippen LogP contribution < -0.4 is 4.90 Å². The Kier molecular flexibility index (Phi) is 6.77. The molecule has 3 heterocycles. The summed E-state index contributed by atoms with van der Waals surface area (Å²) in [4.78, 5) is 12.0. The first-order valence-electron chi connectivity index (χ1n) is 14.6. The van der Waals surface area contributed by atoms with Crippen molar-refractivity contribution in [3.05, 3.63) is 126 Å². The zero-order valence-electron chi connectivity index (χ0n) is 25.1. The van der Waals surface area contributed by atoms with Gasteiger partial charge in [-0.1, -0.05) is 84.0 Å². The minimum absolute atomic E-state index is 0.0622. The first-order chi connectivity index (χ1) is 19.6. The molecule has 1 aliphatic heterocycles. The van der Waals surface area contributed by atoms with Gasteiger partial charge in [-0.15, -0.1) is 0 Å². The largest absolute Gasteiger partial charge is 0.310 e. The van der Waals surface area contributed by atoms with E-state index in [4.69, 9.17) is 9.97 Å². The molecule has 206 valence electrons. The van der Waals surface area contributed by atoms with E-state index < -0.39 is 0 Å². The monoisotopic (exact) mass is 537 g/mol. The van der Waals surface area contributed by atoms with Gasteiger partial charge in [-0.25, -0.2) is 0 Å². The van der Waals surface area contributed by atoms with Gasteiger partial charge in [-0.2, -0.15) is 0 Å². The molecule has 0 fully saturated rings. The lowest BCUT2D eigenvalue weighted by molar-refractivity contribution is 0.589. The fourth-order valence-corrected chi connectivity index (χ4v) is 5.67. The predicted octanol–water partition coefficient (Wildman–Crippen LogP) is 9.97. The summed E-state index contributed by atoms with van der Waals surface area (Å²) in [5, 5.41) is 0. The van der Waals surface area contributed by atoms with Gasteiger partial charge in [0.2, 0.25) is 0 Å². The molecular weight excluding hydrogens is 498 g/mol. The highest BCUT2D eigenvalue weighted by molar-refractivity contribution is 5.85. The number of aromatic nitrogens is 2. The molecule has 0 radical (unpaired) electrons. The van der Waals surface area contributed by atoms with Crippen LogP contribution in [0.1, 0.15) is 63.8 Å². The molecule has 0 spiro atoms. The molecule has 0 unspecified atom stereocenters. The van der Waals surface area contributed by atoms with Crippen LogP contribution in [0.25, 0.3) is 22.5 Å². The highest BCUT2D eigenvalue weighted by atomic mass is 15.1. The van der Waals surface area contributed by atoms with Gasteiger partial charge in [-0.05, 0) is 94.5 Å². The molecule has 3 heteroatoms.